The van der Waals surface area contributed by atoms with Crippen LogP contribution in [0.25, 0.3) is 11.3 Å². The molecule has 1 saturated heterocycles. The average Bonchev–Trinajstić information content (AvgIpc) is 3.06. The monoisotopic (exact) mass is 408 g/mol. The van der Waals surface area contributed by atoms with Crippen molar-refractivity contribution < 1.29 is 4.79 Å². The summed E-state index contributed by atoms with van der Waals surface area (Å²) < 4.78 is 0. The van der Waals surface area contributed by atoms with Crippen molar-refractivity contribution in [3.05, 3.63) is 70.7 Å². The Labute approximate surface area is 176 Å². The van der Waals surface area contributed by atoms with Crippen LogP contribution in [-0.2, 0) is 11.2 Å². The lowest BCUT2D eigenvalue weighted by molar-refractivity contribution is -0.130. The molecule has 4 rings (SSSR count). The molecule has 2 heterocycles. The number of amides is 1. The summed E-state index contributed by atoms with van der Waals surface area (Å²) in [5.41, 5.74) is 4.29. The molecule has 1 amide bonds. The first-order chi connectivity index (χ1) is 14.1. The molecule has 3 aromatic rings. The standard InChI is InChI=1S/C23H25ClN4O/c1-17-4-2-5-18(14-17)15-23(29)28-11-3-10-27(12-13-28)22-16-21(25-26-22)19-6-8-20(24)9-7-19/h2,4-9,14,16H,3,10-13,15H2,1H3,(H,25,26). The zero-order chi connectivity index (χ0) is 20.2. The summed E-state index contributed by atoms with van der Waals surface area (Å²) in [6.07, 6.45) is 1.40. The minimum absolute atomic E-state index is 0.196. The molecule has 5 nitrogen and oxygen atoms in total. The summed E-state index contributed by atoms with van der Waals surface area (Å²) >= 11 is 5.98. The number of H-pyrrole nitrogens is 1. The molecule has 0 bridgehead atoms. The van der Waals surface area contributed by atoms with Gasteiger partial charge >= 0.3 is 0 Å². The van der Waals surface area contributed by atoms with Crippen LogP contribution in [0.2, 0.25) is 5.02 Å². The molecular weight excluding hydrogens is 384 g/mol. The van der Waals surface area contributed by atoms with Gasteiger partial charge in [0, 0.05) is 37.3 Å². The van der Waals surface area contributed by atoms with Crippen LogP contribution < -0.4 is 4.90 Å². The topological polar surface area (TPSA) is 52.2 Å². The van der Waals surface area contributed by atoms with Gasteiger partial charge in [-0.3, -0.25) is 9.89 Å². The number of halogens is 1. The van der Waals surface area contributed by atoms with Gasteiger partial charge in [0.1, 0.15) is 0 Å². The van der Waals surface area contributed by atoms with Crippen LogP contribution in [0.5, 0.6) is 0 Å². The van der Waals surface area contributed by atoms with Gasteiger partial charge in [0.25, 0.3) is 0 Å². The van der Waals surface area contributed by atoms with Crippen molar-refractivity contribution in [1.82, 2.24) is 15.1 Å². The van der Waals surface area contributed by atoms with Crippen molar-refractivity contribution in [3.8, 4) is 11.3 Å². The number of hydrogen-bond acceptors (Lipinski definition) is 3. The van der Waals surface area contributed by atoms with Gasteiger partial charge in [-0.15, -0.1) is 0 Å². The van der Waals surface area contributed by atoms with Crippen molar-refractivity contribution >= 4 is 23.3 Å². The summed E-state index contributed by atoms with van der Waals surface area (Å²) in [6.45, 7) is 5.23. The normalized spacial score (nSPS) is 14.7. The van der Waals surface area contributed by atoms with E-state index in [2.05, 4.69) is 40.2 Å². The van der Waals surface area contributed by atoms with Gasteiger partial charge in [-0.05, 0) is 36.6 Å². The fourth-order valence-electron chi connectivity index (χ4n) is 3.75. The number of aromatic amines is 1. The Bertz CT molecular complexity index is 983. The van der Waals surface area contributed by atoms with Gasteiger partial charge in [-0.2, -0.15) is 5.10 Å². The van der Waals surface area contributed by atoms with Gasteiger partial charge in [-0.25, -0.2) is 0 Å². The second kappa shape index (κ2) is 8.70. The van der Waals surface area contributed by atoms with Crippen molar-refractivity contribution in [2.75, 3.05) is 31.1 Å². The van der Waals surface area contributed by atoms with Gasteiger partial charge in [0.15, 0.2) is 5.82 Å². The number of carbonyl (C=O) groups is 1. The van der Waals surface area contributed by atoms with Crippen LogP contribution in [0, 0.1) is 6.92 Å². The fraction of sp³-hybridized carbons (Fsp3) is 0.304. The first-order valence-electron chi connectivity index (χ1n) is 9.98. The Balaban J connectivity index is 1.39. The molecule has 0 unspecified atom stereocenters. The van der Waals surface area contributed by atoms with Crippen LogP contribution in [0.4, 0.5) is 5.82 Å². The molecule has 1 aliphatic rings. The molecule has 0 aliphatic carbocycles. The van der Waals surface area contributed by atoms with Crippen molar-refractivity contribution in [3.63, 3.8) is 0 Å². The first kappa shape index (κ1) is 19.5. The molecule has 1 fully saturated rings. The highest BCUT2D eigenvalue weighted by atomic mass is 35.5. The lowest BCUT2D eigenvalue weighted by atomic mass is 10.1. The van der Waals surface area contributed by atoms with Crippen LogP contribution in [-0.4, -0.2) is 47.2 Å². The smallest absolute Gasteiger partial charge is 0.227 e. The van der Waals surface area contributed by atoms with Crippen molar-refractivity contribution in [2.24, 2.45) is 0 Å². The van der Waals surface area contributed by atoms with Crippen LogP contribution in [0.15, 0.2) is 54.6 Å². The van der Waals surface area contributed by atoms with E-state index in [-0.39, 0.29) is 5.91 Å². The molecule has 0 radical (unpaired) electrons. The third kappa shape index (κ3) is 4.80. The minimum Gasteiger partial charge on any atom is -0.353 e. The average molecular weight is 409 g/mol. The van der Waals surface area contributed by atoms with E-state index in [1.807, 2.05) is 41.3 Å². The Kier molecular flexibility index (Phi) is 5.86. The summed E-state index contributed by atoms with van der Waals surface area (Å²) in [5, 5.41) is 8.33. The van der Waals surface area contributed by atoms with Gasteiger partial charge < -0.3 is 9.80 Å². The van der Waals surface area contributed by atoms with E-state index >= 15 is 0 Å². The highest BCUT2D eigenvalue weighted by Gasteiger charge is 2.21. The molecular formula is C23H25ClN4O. The summed E-state index contributed by atoms with van der Waals surface area (Å²) in [6, 6.07) is 18.0. The molecule has 1 aliphatic heterocycles. The van der Waals surface area contributed by atoms with Crippen LogP contribution in [0.3, 0.4) is 0 Å². The molecule has 29 heavy (non-hydrogen) atoms. The highest BCUT2D eigenvalue weighted by molar-refractivity contribution is 6.30. The molecule has 0 spiro atoms. The van der Waals surface area contributed by atoms with E-state index in [1.165, 1.54) is 5.56 Å². The minimum atomic E-state index is 0.196. The number of aromatic nitrogens is 2. The molecule has 6 heteroatoms. The molecule has 1 aromatic heterocycles. The summed E-state index contributed by atoms with van der Waals surface area (Å²) in [5.74, 6) is 1.12. The largest absolute Gasteiger partial charge is 0.353 e. The predicted octanol–water partition coefficient (Wildman–Crippen LogP) is 4.32. The molecule has 1 N–H and O–H groups in total. The number of hydrogen-bond donors (Lipinski definition) is 1. The van der Waals surface area contributed by atoms with Gasteiger partial charge in [0.05, 0.1) is 12.1 Å². The Morgan fingerprint density at radius 1 is 1.07 bits per heavy atom. The number of rotatable bonds is 4. The predicted molar refractivity (Wildman–Crippen MR) is 117 cm³/mol. The van der Waals surface area contributed by atoms with Gasteiger partial charge in [-0.1, -0.05) is 53.6 Å². The summed E-state index contributed by atoms with van der Waals surface area (Å²) in [4.78, 5) is 17.0. The molecule has 0 atom stereocenters. The maximum atomic E-state index is 12.8. The lowest BCUT2D eigenvalue weighted by Gasteiger charge is -2.22. The van der Waals surface area contributed by atoms with Crippen LogP contribution >= 0.6 is 11.6 Å². The molecule has 150 valence electrons. The van der Waals surface area contributed by atoms with Gasteiger partial charge in [0.2, 0.25) is 5.91 Å². The van der Waals surface area contributed by atoms with E-state index in [0.717, 1.165) is 53.7 Å². The number of nitrogens with one attached hydrogen (secondary N) is 1. The van der Waals surface area contributed by atoms with E-state index in [9.17, 15) is 4.79 Å². The fourth-order valence-corrected chi connectivity index (χ4v) is 3.88. The number of aryl methyl sites for hydroxylation is 1. The number of nitrogens with zero attached hydrogens (tertiary/aromatic N) is 3. The van der Waals surface area contributed by atoms with E-state index < -0.39 is 0 Å². The SMILES string of the molecule is Cc1cccc(CC(=O)N2CCCN(c3cc(-c4ccc(Cl)cc4)[nH]n3)CC2)c1. The van der Waals surface area contributed by atoms with Crippen LogP contribution in [0.1, 0.15) is 17.5 Å². The summed E-state index contributed by atoms with van der Waals surface area (Å²) in [7, 11) is 0. The van der Waals surface area contributed by atoms with E-state index in [4.69, 9.17) is 11.6 Å². The Morgan fingerprint density at radius 2 is 1.90 bits per heavy atom. The molecule has 0 saturated carbocycles. The maximum absolute atomic E-state index is 12.8. The quantitative estimate of drug-likeness (QED) is 0.699. The number of carbonyl (C=O) groups excluding carboxylic acids is 1. The lowest BCUT2D eigenvalue weighted by Crippen LogP contribution is -2.36. The Morgan fingerprint density at radius 3 is 2.69 bits per heavy atom. The van der Waals surface area contributed by atoms with E-state index in [0.29, 0.717) is 13.0 Å². The van der Waals surface area contributed by atoms with Crippen molar-refractivity contribution in [2.45, 2.75) is 19.8 Å². The van der Waals surface area contributed by atoms with Crippen molar-refractivity contribution in [1.29, 1.82) is 0 Å². The first-order valence-corrected chi connectivity index (χ1v) is 10.4. The zero-order valence-corrected chi connectivity index (χ0v) is 17.3. The van der Waals surface area contributed by atoms with E-state index in [1.54, 1.807) is 0 Å². The number of anilines is 1. The second-order valence-electron chi connectivity index (χ2n) is 7.53. The third-order valence-electron chi connectivity index (χ3n) is 5.33. The maximum Gasteiger partial charge on any atom is 0.227 e. The zero-order valence-electron chi connectivity index (χ0n) is 16.6. The number of benzene rings is 2. The third-order valence-corrected chi connectivity index (χ3v) is 5.58. The molecule has 2 aromatic carbocycles. The second-order valence-corrected chi connectivity index (χ2v) is 7.97. The highest BCUT2D eigenvalue weighted by Crippen LogP contribution is 2.24. The Hall–Kier alpha value is -2.79.